The molecule has 2 nitrogen and oxygen atoms in total. The Morgan fingerprint density at radius 2 is 2.15 bits per heavy atom. The second kappa shape index (κ2) is 5.61. The van der Waals surface area contributed by atoms with Crippen molar-refractivity contribution in [2.45, 2.75) is 45.6 Å². The van der Waals surface area contributed by atoms with Gasteiger partial charge in [0.2, 0.25) is 0 Å². The largest absolute Gasteiger partial charge is 0.392 e. The molecule has 1 fully saturated rings. The molecule has 1 aliphatic carbocycles. The van der Waals surface area contributed by atoms with Crippen LogP contribution < -0.4 is 5.32 Å². The van der Waals surface area contributed by atoms with E-state index in [0.717, 1.165) is 24.9 Å². The van der Waals surface area contributed by atoms with E-state index in [1.807, 2.05) is 6.92 Å². The van der Waals surface area contributed by atoms with Crippen molar-refractivity contribution in [1.29, 1.82) is 0 Å². The minimum atomic E-state index is -0.205. The Labute approximate surface area is 81.7 Å². The third-order valence-electron chi connectivity index (χ3n) is 2.88. The summed E-state index contributed by atoms with van der Waals surface area (Å²) in [6.45, 7) is 5.96. The molecule has 0 aromatic rings. The van der Waals surface area contributed by atoms with E-state index in [1.165, 1.54) is 25.7 Å². The van der Waals surface area contributed by atoms with Gasteiger partial charge < -0.3 is 10.4 Å². The van der Waals surface area contributed by atoms with Gasteiger partial charge in [-0.15, -0.1) is 0 Å². The van der Waals surface area contributed by atoms with Gasteiger partial charge in [-0.2, -0.15) is 0 Å². The van der Waals surface area contributed by atoms with Crippen LogP contribution in [-0.2, 0) is 0 Å². The summed E-state index contributed by atoms with van der Waals surface area (Å²) in [7, 11) is 0. The van der Waals surface area contributed by atoms with E-state index in [4.69, 9.17) is 5.11 Å². The van der Waals surface area contributed by atoms with Gasteiger partial charge in [0.15, 0.2) is 0 Å². The Bertz CT molecular complexity index is 130. The standard InChI is InChI=1S/C11H23NO/c1-9-6-11(7-9)4-3-5-12-8-10(2)13/h9-13H,3-8H2,1-2H3/t9?,10-,11?/m1/s1. The maximum absolute atomic E-state index is 8.99. The Hall–Kier alpha value is -0.0800. The fraction of sp³-hybridized carbons (Fsp3) is 1.00. The van der Waals surface area contributed by atoms with E-state index >= 15 is 0 Å². The molecule has 0 saturated heterocycles. The van der Waals surface area contributed by atoms with Crippen LogP contribution in [-0.4, -0.2) is 24.3 Å². The molecule has 0 aromatic heterocycles. The third kappa shape index (κ3) is 4.63. The highest BCUT2D eigenvalue weighted by Crippen LogP contribution is 2.35. The molecule has 13 heavy (non-hydrogen) atoms. The van der Waals surface area contributed by atoms with Crippen molar-refractivity contribution in [1.82, 2.24) is 5.32 Å². The number of rotatable bonds is 6. The third-order valence-corrected chi connectivity index (χ3v) is 2.88. The van der Waals surface area contributed by atoms with Crippen LogP contribution in [0.2, 0.25) is 0 Å². The molecule has 0 bridgehead atoms. The fourth-order valence-electron chi connectivity index (χ4n) is 2.13. The van der Waals surface area contributed by atoms with E-state index in [2.05, 4.69) is 12.2 Å². The summed E-state index contributed by atoms with van der Waals surface area (Å²) in [6, 6.07) is 0. The number of hydrogen-bond donors (Lipinski definition) is 2. The lowest BCUT2D eigenvalue weighted by atomic mass is 9.74. The molecule has 1 saturated carbocycles. The monoisotopic (exact) mass is 185 g/mol. The topological polar surface area (TPSA) is 32.3 Å². The lowest BCUT2D eigenvalue weighted by molar-refractivity contribution is 0.184. The van der Waals surface area contributed by atoms with Crippen LogP contribution in [0.25, 0.3) is 0 Å². The molecule has 0 unspecified atom stereocenters. The molecule has 78 valence electrons. The van der Waals surface area contributed by atoms with E-state index in [0.29, 0.717) is 0 Å². The zero-order valence-corrected chi connectivity index (χ0v) is 8.92. The SMILES string of the molecule is CC1CC(CCCNC[C@@H](C)O)C1. The van der Waals surface area contributed by atoms with E-state index in [9.17, 15) is 0 Å². The molecule has 0 aliphatic heterocycles. The summed E-state index contributed by atoms with van der Waals surface area (Å²) >= 11 is 0. The van der Waals surface area contributed by atoms with Crippen LogP contribution in [0, 0.1) is 11.8 Å². The second-order valence-corrected chi connectivity index (χ2v) is 4.64. The first-order chi connectivity index (χ1) is 6.18. The average Bonchev–Trinajstić information content (AvgIpc) is 1.99. The zero-order valence-electron chi connectivity index (χ0n) is 8.92. The van der Waals surface area contributed by atoms with Gasteiger partial charge >= 0.3 is 0 Å². The first-order valence-electron chi connectivity index (χ1n) is 5.57. The molecule has 1 rings (SSSR count). The predicted molar refractivity (Wildman–Crippen MR) is 55.7 cm³/mol. The van der Waals surface area contributed by atoms with E-state index < -0.39 is 0 Å². The first kappa shape index (κ1) is 11.0. The van der Waals surface area contributed by atoms with Crippen molar-refractivity contribution in [3.8, 4) is 0 Å². The van der Waals surface area contributed by atoms with Gasteiger partial charge in [0.25, 0.3) is 0 Å². The van der Waals surface area contributed by atoms with Crippen LogP contribution in [0.4, 0.5) is 0 Å². The summed E-state index contributed by atoms with van der Waals surface area (Å²) in [5, 5.41) is 12.2. The molecule has 1 atom stereocenters. The lowest BCUT2D eigenvalue weighted by Gasteiger charge is -2.32. The lowest BCUT2D eigenvalue weighted by Crippen LogP contribution is -2.27. The van der Waals surface area contributed by atoms with E-state index in [-0.39, 0.29) is 6.10 Å². The van der Waals surface area contributed by atoms with Crippen LogP contribution in [0.5, 0.6) is 0 Å². The molecular weight excluding hydrogens is 162 g/mol. The Morgan fingerprint density at radius 1 is 1.46 bits per heavy atom. The quantitative estimate of drug-likeness (QED) is 0.618. The van der Waals surface area contributed by atoms with Gasteiger partial charge in [0, 0.05) is 6.54 Å². The first-order valence-corrected chi connectivity index (χ1v) is 5.57. The average molecular weight is 185 g/mol. The van der Waals surface area contributed by atoms with Crippen molar-refractivity contribution in [2.75, 3.05) is 13.1 Å². The molecule has 0 heterocycles. The number of aliphatic hydroxyl groups excluding tert-OH is 1. The maximum atomic E-state index is 8.99. The van der Waals surface area contributed by atoms with Gasteiger partial charge in [0.05, 0.1) is 6.10 Å². The molecule has 2 N–H and O–H groups in total. The number of nitrogens with one attached hydrogen (secondary N) is 1. The predicted octanol–water partition coefficient (Wildman–Crippen LogP) is 1.78. The molecular formula is C11H23NO. The fourth-order valence-corrected chi connectivity index (χ4v) is 2.13. The van der Waals surface area contributed by atoms with Gasteiger partial charge in [-0.25, -0.2) is 0 Å². The van der Waals surface area contributed by atoms with Crippen molar-refractivity contribution in [2.24, 2.45) is 11.8 Å². The van der Waals surface area contributed by atoms with Crippen molar-refractivity contribution in [3.63, 3.8) is 0 Å². The molecule has 1 aliphatic rings. The summed E-state index contributed by atoms with van der Waals surface area (Å²) < 4.78 is 0. The highest BCUT2D eigenvalue weighted by Gasteiger charge is 2.24. The minimum absolute atomic E-state index is 0.205. The van der Waals surface area contributed by atoms with Crippen molar-refractivity contribution >= 4 is 0 Å². The van der Waals surface area contributed by atoms with E-state index in [1.54, 1.807) is 0 Å². The Morgan fingerprint density at radius 3 is 2.69 bits per heavy atom. The molecule has 0 amide bonds. The number of aliphatic hydroxyl groups is 1. The summed E-state index contributed by atoms with van der Waals surface area (Å²) in [5.74, 6) is 1.98. The minimum Gasteiger partial charge on any atom is -0.392 e. The molecule has 0 aromatic carbocycles. The van der Waals surface area contributed by atoms with Gasteiger partial charge in [-0.05, 0) is 51.0 Å². The molecule has 0 radical (unpaired) electrons. The van der Waals surface area contributed by atoms with Gasteiger partial charge in [0.1, 0.15) is 0 Å². The Balaban J connectivity index is 1.79. The van der Waals surface area contributed by atoms with Crippen molar-refractivity contribution < 1.29 is 5.11 Å². The van der Waals surface area contributed by atoms with Gasteiger partial charge in [-0.1, -0.05) is 6.92 Å². The molecule has 2 heteroatoms. The normalized spacial score (nSPS) is 29.8. The number of hydrogen-bond acceptors (Lipinski definition) is 2. The maximum Gasteiger partial charge on any atom is 0.0636 e. The highest BCUT2D eigenvalue weighted by atomic mass is 16.3. The van der Waals surface area contributed by atoms with Gasteiger partial charge in [-0.3, -0.25) is 0 Å². The van der Waals surface area contributed by atoms with Crippen molar-refractivity contribution in [3.05, 3.63) is 0 Å². The van der Waals surface area contributed by atoms with Crippen LogP contribution in [0.3, 0.4) is 0 Å². The van der Waals surface area contributed by atoms with Crippen LogP contribution in [0.15, 0.2) is 0 Å². The van der Waals surface area contributed by atoms with Crippen LogP contribution >= 0.6 is 0 Å². The summed E-state index contributed by atoms with van der Waals surface area (Å²) in [4.78, 5) is 0. The smallest absolute Gasteiger partial charge is 0.0636 e. The Kier molecular flexibility index (Phi) is 4.74. The summed E-state index contributed by atoms with van der Waals surface area (Å²) in [5.41, 5.74) is 0. The highest BCUT2D eigenvalue weighted by molar-refractivity contribution is 4.76. The van der Waals surface area contributed by atoms with Crippen LogP contribution in [0.1, 0.15) is 39.5 Å². The summed E-state index contributed by atoms with van der Waals surface area (Å²) in [6.07, 6.45) is 5.32. The molecule has 0 spiro atoms. The second-order valence-electron chi connectivity index (χ2n) is 4.64. The zero-order chi connectivity index (χ0) is 9.68.